The fraction of sp³-hybridized carbons (Fsp3) is 0.688. The van der Waals surface area contributed by atoms with Crippen molar-refractivity contribution in [2.75, 3.05) is 6.54 Å². The second-order valence-electron chi connectivity index (χ2n) is 6.30. The fourth-order valence-corrected chi connectivity index (χ4v) is 4.72. The maximum absolute atomic E-state index is 12.8. The summed E-state index contributed by atoms with van der Waals surface area (Å²) in [7, 11) is 0. The maximum Gasteiger partial charge on any atom is 0.326 e. The second-order valence-corrected chi connectivity index (χ2v) is 7.33. The van der Waals surface area contributed by atoms with Crippen molar-refractivity contribution in [1.82, 2.24) is 9.88 Å². The van der Waals surface area contributed by atoms with Gasteiger partial charge in [-0.25, -0.2) is 9.78 Å². The zero-order valence-electron chi connectivity index (χ0n) is 12.9. The van der Waals surface area contributed by atoms with E-state index < -0.39 is 12.0 Å². The first-order valence-electron chi connectivity index (χ1n) is 8.09. The summed E-state index contributed by atoms with van der Waals surface area (Å²) in [6.07, 6.45) is 7.08. The number of hydrogen-bond donors (Lipinski definition) is 1. The lowest BCUT2D eigenvalue weighted by Crippen LogP contribution is -2.47. The standard InChI is InChI=1S/C16H22N2O3S/c1-10-13(22-14(17-10)11-6-2-3-7-11)15(19)18-9-5-4-8-12(18)16(20)21/h11-12H,2-9H2,1H3,(H,20,21)/t12-/m1/s1. The number of rotatable bonds is 3. The first-order valence-corrected chi connectivity index (χ1v) is 8.90. The molecule has 1 aromatic rings. The van der Waals surface area contributed by atoms with Crippen molar-refractivity contribution >= 4 is 23.2 Å². The molecule has 2 aliphatic rings. The number of aryl methyl sites for hydroxylation is 1. The summed E-state index contributed by atoms with van der Waals surface area (Å²) >= 11 is 1.48. The van der Waals surface area contributed by atoms with E-state index in [9.17, 15) is 14.7 Å². The van der Waals surface area contributed by atoms with Crippen molar-refractivity contribution in [2.45, 2.75) is 63.8 Å². The van der Waals surface area contributed by atoms with E-state index in [1.807, 2.05) is 6.92 Å². The van der Waals surface area contributed by atoms with Crippen LogP contribution in [-0.2, 0) is 4.79 Å². The van der Waals surface area contributed by atoms with Gasteiger partial charge >= 0.3 is 5.97 Å². The Hall–Kier alpha value is -1.43. The average Bonchev–Trinajstić information content (AvgIpc) is 3.15. The molecule has 0 aromatic carbocycles. The highest BCUT2D eigenvalue weighted by atomic mass is 32.1. The van der Waals surface area contributed by atoms with Crippen LogP contribution in [0.4, 0.5) is 0 Å². The third-order valence-electron chi connectivity index (χ3n) is 4.76. The van der Waals surface area contributed by atoms with Gasteiger partial charge in [0.05, 0.1) is 10.7 Å². The third kappa shape index (κ3) is 2.89. The van der Waals surface area contributed by atoms with Crippen LogP contribution in [0.25, 0.3) is 0 Å². The number of piperidine rings is 1. The Labute approximate surface area is 134 Å². The van der Waals surface area contributed by atoms with Gasteiger partial charge in [-0.15, -0.1) is 11.3 Å². The van der Waals surface area contributed by atoms with Crippen molar-refractivity contribution in [3.8, 4) is 0 Å². The number of hydrogen-bond acceptors (Lipinski definition) is 4. The van der Waals surface area contributed by atoms with Crippen LogP contribution < -0.4 is 0 Å². The van der Waals surface area contributed by atoms with E-state index in [1.54, 1.807) is 0 Å². The van der Waals surface area contributed by atoms with Crippen LogP contribution in [0.3, 0.4) is 0 Å². The van der Waals surface area contributed by atoms with Crippen LogP contribution in [0.15, 0.2) is 0 Å². The van der Waals surface area contributed by atoms with Crippen LogP contribution in [0, 0.1) is 6.92 Å². The molecule has 1 saturated heterocycles. The lowest BCUT2D eigenvalue weighted by molar-refractivity contribution is -0.143. The van der Waals surface area contributed by atoms with E-state index in [2.05, 4.69) is 4.98 Å². The Morgan fingerprint density at radius 2 is 1.86 bits per heavy atom. The molecule has 1 aromatic heterocycles. The van der Waals surface area contributed by atoms with Gasteiger partial charge in [0.2, 0.25) is 0 Å². The number of carboxylic acids is 1. The normalized spacial score (nSPS) is 23.0. The molecule has 1 N–H and O–H groups in total. The number of amides is 1. The monoisotopic (exact) mass is 322 g/mol. The number of aromatic nitrogens is 1. The zero-order valence-corrected chi connectivity index (χ0v) is 13.7. The number of carboxylic acid groups (broad SMARTS) is 1. The topological polar surface area (TPSA) is 70.5 Å². The van der Waals surface area contributed by atoms with Gasteiger partial charge < -0.3 is 10.0 Å². The number of thiazole rings is 1. The van der Waals surface area contributed by atoms with Crippen LogP contribution >= 0.6 is 11.3 Å². The molecular weight excluding hydrogens is 300 g/mol. The maximum atomic E-state index is 12.8. The number of aliphatic carboxylic acids is 1. The van der Waals surface area contributed by atoms with Crippen molar-refractivity contribution in [3.05, 3.63) is 15.6 Å². The van der Waals surface area contributed by atoms with Gasteiger partial charge in [0, 0.05) is 12.5 Å². The summed E-state index contributed by atoms with van der Waals surface area (Å²) in [5.74, 6) is -0.556. The molecule has 2 fully saturated rings. The molecule has 1 amide bonds. The smallest absolute Gasteiger partial charge is 0.326 e. The van der Waals surface area contributed by atoms with Gasteiger partial charge in [0.25, 0.3) is 5.91 Å². The van der Waals surface area contributed by atoms with Gasteiger partial charge in [-0.2, -0.15) is 0 Å². The highest BCUT2D eigenvalue weighted by molar-refractivity contribution is 7.13. The van der Waals surface area contributed by atoms with Crippen molar-refractivity contribution in [3.63, 3.8) is 0 Å². The lowest BCUT2D eigenvalue weighted by Gasteiger charge is -2.32. The van der Waals surface area contributed by atoms with E-state index in [1.165, 1.54) is 29.1 Å². The van der Waals surface area contributed by atoms with E-state index in [4.69, 9.17) is 0 Å². The Bertz CT molecular complexity index is 578. The molecule has 3 rings (SSSR count). The minimum absolute atomic E-state index is 0.147. The Morgan fingerprint density at radius 1 is 1.18 bits per heavy atom. The Balaban J connectivity index is 1.83. The molecule has 1 aliphatic carbocycles. The van der Waals surface area contributed by atoms with Crippen LogP contribution in [-0.4, -0.2) is 39.5 Å². The van der Waals surface area contributed by atoms with Gasteiger partial charge in [-0.1, -0.05) is 12.8 Å². The summed E-state index contributed by atoms with van der Waals surface area (Å²) in [5.41, 5.74) is 0.756. The van der Waals surface area contributed by atoms with E-state index in [0.717, 1.165) is 36.4 Å². The fourth-order valence-electron chi connectivity index (χ4n) is 3.52. The molecule has 120 valence electrons. The predicted octanol–water partition coefficient (Wildman–Crippen LogP) is 3.19. The molecule has 0 bridgehead atoms. The Morgan fingerprint density at radius 3 is 2.55 bits per heavy atom. The molecule has 5 nitrogen and oxygen atoms in total. The molecule has 0 radical (unpaired) electrons. The van der Waals surface area contributed by atoms with Crippen molar-refractivity contribution in [1.29, 1.82) is 0 Å². The SMILES string of the molecule is Cc1nc(C2CCCC2)sc1C(=O)N1CCCC[C@@H]1C(=O)O. The molecule has 1 atom stereocenters. The molecular formula is C16H22N2O3S. The molecule has 0 unspecified atom stereocenters. The summed E-state index contributed by atoms with van der Waals surface area (Å²) in [6.45, 7) is 2.40. The van der Waals surface area contributed by atoms with E-state index in [0.29, 0.717) is 23.8 Å². The molecule has 0 spiro atoms. The molecule has 1 aliphatic heterocycles. The number of carbonyl (C=O) groups excluding carboxylic acids is 1. The molecule has 6 heteroatoms. The van der Waals surface area contributed by atoms with Crippen LogP contribution in [0.1, 0.15) is 71.2 Å². The van der Waals surface area contributed by atoms with Crippen LogP contribution in [0.5, 0.6) is 0 Å². The molecule has 22 heavy (non-hydrogen) atoms. The third-order valence-corrected chi connectivity index (χ3v) is 6.07. The van der Waals surface area contributed by atoms with Gasteiger partial charge in [0.15, 0.2) is 0 Å². The van der Waals surface area contributed by atoms with Crippen molar-refractivity contribution < 1.29 is 14.7 Å². The summed E-state index contributed by atoms with van der Waals surface area (Å²) in [5, 5.41) is 10.4. The molecule has 2 heterocycles. The minimum atomic E-state index is -0.897. The largest absolute Gasteiger partial charge is 0.480 e. The molecule has 1 saturated carbocycles. The summed E-state index contributed by atoms with van der Waals surface area (Å²) in [6, 6.07) is -0.683. The quantitative estimate of drug-likeness (QED) is 0.928. The Kier molecular flexibility index (Phi) is 4.47. The van der Waals surface area contributed by atoms with Crippen LogP contribution in [0.2, 0.25) is 0 Å². The zero-order chi connectivity index (χ0) is 15.7. The lowest BCUT2D eigenvalue weighted by atomic mass is 10.0. The minimum Gasteiger partial charge on any atom is -0.480 e. The summed E-state index contributed by atoms with van der Waals surface area (Å²) < 4.78 is 0. The van der Waals surface area contributed by atoms with Gasteiger partial charge in [-0.05, 0) is 39.0 Å². The van der Waals surface area contributed by atoms with Gasteiger partial charge in [0.1, 0.15) is 10.9 Å². The highest BCUT2D eigenvalue weighted by Gasteiger charge is 2.34. The predicted molar refractivity (Wildman–Crippen MR) is 84.4 cm³/mol. The number of likely N-dealkylation sites (tertiary alicyclic amines) is 1. The average molecular weight is 322 g/mol. The summed E-state index contributed by atoms with van der Waals surface area (Å²) in [4.78, 5) is 31.0. The first kappa shape index (κ1) is 15.5. The van der Waals surface area contributed by atoms with E-state index >= 15 is 0 Å². The highest BCUT2D eigenvalue weighted by Crippen LogP contribution is 2.37. The van der Waals surface area contributed by atoms with E-state index in [-0.39, 0.29) is 5.91 Å². The number of carbonyl (C=O) groups is 2. The number of nitrogens with zero attached hydrogens (tertiary/aromatic N) is 2. The first-order chi connectivity index (χ1) is 10.6. The van der Waals surface area contributed by atoms with Gasteiger partial charge in [-0.3, -0.25) is 4.79 Å². The second kappa shape index (κ2) is 6.36. The van der Waals surface area contributed by atoms with Crippen molar-refractivity contribution in [2.24, 2.45) is 0 Å².